The molecule has 0 aliphatic carbocycles. The molecular weight excluding hydrogens is 434 g/mol. The summed E-state index contributed by atoms with van der Waals surface area (Å²) in [6.07, 6.45) is 0. The van der Waals surface area contributed by atoms with Crippen LogP contribution in [-0.4, -0.2) is 23.3 Å². The number of aromatic hydroxyl groups is 1. The summed E-state index contributed by atoms with van der Waals surface area (Å²) >= 11 is 0.703. The van der Waals surface area contributed by atoms with Gasteiger partial charge in [0, 0.05) is 15.8 Å². The normalized spacial score (nSPS) is 12.1. The summed E-state index contributed by atoms with van der Waals surface area (Å²) < 4.78 is 36.9. The molecule has 0 heterocycles. The molecule has 3 rings (SSSR count). The Morgan fingerprint density at radius 1 is 1.07 bits per heavy atom. The lowest BCUT2D eigenvalue weighted by Crippen LogP contribution is -1.98. The molecule has 5 N–H and O–H groups in total. The van der Waals surface area contributed by atoms with Crippen LogP contribution < -0.4 is 5.73 Å². The summed E-state index contributed by atoms with van der Waals surface area (Å²) in [5, 5.41) is 31.3. The van der Waals surface area contributed by atoms with Gasteiger partial charge in [-0.05, 0) is 49.1 Å². The summed E-state index contributed by atoms with van der Waals surface area (Å²) in [5.41, 5.74) is 7.58. The molecule has 0 aliphatic rings. The molecule has 0 amide bonds. The van der Waals surface area contributed by atoms with Gasteiger partial charge in [-0.15, -0.1) is 14.6 Å². The highest BCUT2D eigenvalue weighted by Gasteiger charge is 2.17. The standard InChI is InChI=1S/C18H17N3O7S2/c1-9-3-6-15(30(24,25)26)13(7-9)21-20-12-5-4-11-8-14(29-28-27-23)10(2)18(22)16(11)17(12)19/h3-8,22-23H,19H2,1-2H3,(H,24,25,26). The van der Waals surface area contributed by atoms with Crippen LogP contribution in [0.2, 0.25) is 0 Å². The molecule has 3 aromatic carbocycles. The average Bonchev–Trinajstić information content (AvgIpc) is 2.68. The van der Waals surface area contributed by atoms with Crippen molar-refractivity contribution >= 4 is 50.0 Å². The number of aryl methyl sites for hydroxylation is 1. The van der Waals surface area contributed by atoms with Crippen LogP contribution in [-0.2, 0) is 19.5 Å². The van der Waals surface area contributed by atoms with Crippen LogP contribution in [0.4, 0.5) is 17.1 Å². The molecule has 0 aliphatic heterocycles. The molecule has 0 aromatic heterocycles. The van der Waals surface area contributed by atoms with Crippen molar-refractivity contribution in [1.82, 2.24) is 0 Å². The van der Waals surface area contributed by atoms with E-state index in [4.69, 9.17) is 11.0 Å². The first-order chi connectivity index (χ1) is 14.1. The SMILES string of the molecule is Cc1ccc(S(=O)(=O)O)c(N=Nc2ccc3cc(SOOO)c(C)c(O)c3c2N)c1. The molecule has 0 atom stereocenters. The van der Waals surface area contributed by atoms with E-state index in [1.807, 2.05) is 0 Å². The van der Waals surface area contributed by atoms with Crippen LogP contribution in [0.5, 0.6) is 5.75 Å². The van der Waals surface area contributed by atoms with Crippen LogP contribution in [0.1, 0.15) is 11.1 Å². The third-order valence-electron chi connectivity index (χ3n) is 4.31. The van der Waals surface area contributed by atoms with Gasteiger partial charge in [0.1, 0.15) is 22.0 Å². The molecule has 0 spiro atoms. The number of fused-ring (bicyclic) bond motifs is 1. The molecule has 3 aromatic rings. The Morgan fingerprint density at radius 2 is 1.77 bits per heavy atom. The molecular formula is C18H17N3O7S2. The molecule has 158 valence electrons. The van der Waals surface area contributed by atoms with E-state index in [-0.39, 0.29) is 27.7 Å². The number of hydrogen-bond acceptors (Lipinski definition) is 10. The molecule has 0 radical (unpaired) electrons. The maximum Gasteiger partial charge on any atom is 0.296 e. The van der Waals surface area contributed by atoms with Crippen molar-refractivity contribution in [3.8, 4) is 5.75 Å². The Hall–Kier alpha value is -2.74. The topological polar surface area (TPSA) is 164 Å². The van der Waals surface area contributed by atoms with Crippen molar-refractivity contribution in [2.45, 2.75) is 23.6 Å². The van der Waals surface area contributed by atoms with Gasteiger partial charge in [-0.1, -0.05) is 17.2 Å². The van der Waals surface area contributed by atoms with Crippen molar-refractivity contribution < 1.29 is 32.7 Å². The lowest BCUT2D eigenvalue weighted by atomic mass is 10.0. The molecule has 12 heteroatoms. The van der Waals surface area contributed by atoms with E-state index in [9.17, 15) is 18.1 Å². The second-order valence-corrected chi connectivity index (χ2v) is 8.45. The lowest BCUT2D eigenvalue weighted by molar-refractivity contribution is -0.432. The Kier molecular flexibility index (Phi) is 6.26. The number of rotatable bonds is 6. The molecule has 0 bridgehead atoms. The van der Waals surface area contributed by atoms with E-state index in [1.165, 1.54) is 24.3 Å². The Labute approximate surface area is 175 Å². The highest BCUT2D eigenvalue weighted by atomic mass is 32.2. The lowest BCUT2D eigenvalue weighted by Gasteiger charge is -2.12. The predicted molar refractivity (Wildman–Crippen MR) is 111 cm³/mol. The molecule has 30 heavy (non-hydrogen) atoms. The fraction of sp³-hybridized carbons (Fsp3) is 0.111. The van der Waals surface area contributed by atoms with Gasteiger partial charge in [0.25, 0.3) is 10.1 Å². The van der Waals surface area contributed by atoms with Gasteiger partial charge >= 0.3 is 0 Å². The van der Waals surface area contributed by atoms with Crippen LogP contribution in [0.15, 0.2) is 56.4 Å². The Morgan fingerprint density at radius 3 is 2.43 bits per heavy atom. The Bertz CT molecular complexity index is 1260. The van der Waals surface area contributed by atoms with E-state index in [2.05, 4.69) is 19.6 Å². The summed E-state index contributed by atoms with van der Waals surface area (Å²) in [5.74, 6) is -0.125. The van der Waals surface area contributed by atoms with Crippen molar-refractivity contribution in [1.29, 1.82) is 0 Å². The van der Waals surface area contributed by atoms with Crippen LogP contribution in [0.3, 0.4) is 0 Å². The highest BCUT2D eigenvalue weighted by molar-refractivity contribution is 7.94. The summed E-state index contributed by atoms with van der Waals surface area (Å²) in [4.78, 5) is 0.100. The fourth-order valence-corrected chi connectivity index (χ4v) is 3.93. The zero-order valence-electron chi connectivity index (χ0n) is 15.7. The minimum atomic E-state index is -4.49. The van der Waals surface area contributed by atoms with Gasteiger partial charge in [0.15, 0.2) is 0 Å². The van der Waals surface area contributed by atoms with Crippen molar-refractivity contribution in [3.05, 3.63) is 47.5 Å². The zero-order valence-corrected chi connectivity index (χ0v) is 17.4. The maximum atomic E-state index is 11.6. The Balaban J connectivity index is 2.10. The minimum absolute atomic E-state index is 0.0506. The second-order valence-electron chi connectivity index (χ2n) is 6.32. The number of phenolic OH excluding ortho intramolecular Hbond substituents is 1. The summed E-state index contributed by atoms with van der Waals surface area (Å²) in [6.45, 7) is 3.36. The largest absolute Gasteiger partial charge is 0.507 e. The van der Waals surface area contributed by atoms with E-state index >= 15 is 0 Å². The number of nitrogens with zero attached hydrogens (tertiary/aromatic N) is 2. The fourth-order valence-electron chi connectivity index (χ4n) is 2.82. The molecule has 0 saturated heterocycles. The molecule has 10 nitrogen and oxygen atoms in total. The first kappa shape index (κ1) is 22.0. The smallest absolute Gasteiger partial charge is 0.296 e. The summed E-state index contributed by atoms with van der Waals surface area (Å²) in [7, 11) is -4.49. The monoisotopic (exact) mass is 451 g/mol. The number of anilines is 1. The number of nitrogens with two attached hydrogens (primary N) is 1. The van der Waals surface area contributed by atoms with E-state index in [1.54, 1.807) is 26.0 Å². The van der Waals surface area contributed by atoms with E-state index < -0.39 is 10.1 Å². The number of azo groups is 1. The van der Waals surface area contributed by atoms with Gasteiger partial charge < -0.3 is 10.8 Å². The second kappa shape index (κ2) is 8.55. The number of phenols is 1. The van der Waals surface area contributed by atoms with Crippen molar-refractivity contribution in [3.63, 3.8) is 0 Å². The van der Waals surface area contributed by atoms with Crippen molar-refractivity contribution in [2.24, 2.45) is 10.2 Å². The minimum Gasteiger partial charge on any atom is -0.507 e. The zero-order chi connectivity index (χ0) is 22.1. The number of nitrogen functional groups attached to an aromatic ring is 1. The first-order valence-corrected chi connectivity index (χ1v) is 10.5. The van der Waals surface area contributed by atoms with Crippen LogP contribution in [0, 0.1) is 13.8 Å². The highest BCUT2D eigenvalue weighted by Crippen LogP contribution is 2.42. The van der Waals surface area contributed by atoms with Crippen molar-refractivity contribution in [2.75, 3.05) is 5.73 Å². The maximum absolute atomic E-state index is 11.6. The summed E-state index contributed by atoms with van der Waals surface area (Å²) in [6, 6.07) is 9.05. The van der Waals surface area contributed by atoms with Gasteiger partial charge in [-0.2, -0.15) is 8.42 Å². The molecule has 0 saturated carbocycles. The van der Waals surface area contributed by atoms with E-state index in [0.29, 0.717) is 33.3 Å². The van der Waals surface area contributed by atoms with Gasteiger partial charge in [-0.3, -0.25) is 4.55 Å². The number of hydrogen-bond donors (Lipinski definition) is 4. The third-order valence-corrected chi connectivity index (χ3v) is 5.95. The quantitative estimate of drug-likeness (QED) is 0.102. The number of benzene rings is 3. The predicted octanol–water partition coefficient (Wildman–Crippen LogP) is 4.83. The van der Waals surface area contributed by atoms with Gasteiger partial charge in [0.05, 0.1) is 17.7 Å². The first-order valence-electron chi connectivity index (χ1n) is 8.33. The van der Waals surface area contributed by atoms with Gasteiger partial charge in [-0.25, -0.2) is 5.26 Å². The van der Waals surface area contributed by atoms with E-state index in [0.717, 1.165) is 5.56 Å². The third kappa shape index (κ3) is 4.38. The average molecular weight is 451 g/mol. The molecule has 0 unspecified atom stereocenters. The van der Waals surface area contributed by atoms with Crippen LogP contribution in [0.25, 0.3) is 10.8 Å². The van der Waals surface area contributed by atoms with Gasteiger partial charge in [0.2, 0.25) is 0 Å². The molecule has 0 fully saturated rings. The van der Waals surface area contributed by atoms with Crippen LogP contribution >= 0.6 is 12.0 Å².